The topological polar surface area (TPSA) is 43.4 Å². The Bertz CT molecular complexity index is 708. The first-order valence-electron chi connectivity index (χ1n) is 7.11. The van der Waals surface area contributed by atoms with Crippen LogP contribution in [0.3, 0.4) is 0 Å². The summed E-state index contributed by atoms with van der Waals surface area (Å²) in [7, 11) is 0. The van der Waals surface area contributed by atoms with Gasteiger partial charge in [-0.1, -0.05) is 60.7 Å². The minimum atomic E-state index is -0.809. The molecule has 21 heavy (non-hydrogen) atoms. The van der Waals surface area contributed by atoms with Gasteiger partial charge >= 0.3 is 5.97 Å². The quantitative estimate of drug-likeness (QED) is 0.626. The number of benzene rings is 2. The molecule has 4 rings (SSSR count). The average molecular weight is 278 g/mol. The van der Waals surface area contributed by atoms with Crippen LogP contribution in [-0.2, 0) is 19.9 Å². The summed E-state index contributed by atoms with van der Waals surface area (Å²) in [4.78, 5) is 23.9. The molecule has 1 saturated heterocycles. The fourth-order valence-corrected chi connectivity index (χ4v) is 3.69. The van der Waals surface area contributed by atoms with E-state index in [0.717, 1.165) is 11.1 Å². The van der Waals surface area contributed by atoms with Crippen molar-refractivity contribution in [3.8, 4) is 0 Å². The van der Waals surface area contributed by atoms with Crippen molar-refractivity contribution in [2.24, 2.45) is 5.92 Å². The zero-order valence-corrected chi connectivity index (χ0v) is 11.4. The SMILES string of the molecule is O=C1O[C@@]2(c3ccccc3)[C@H](C[C@@H]2c2ccccc2)C1=O. The Balaban J connectivity index is 1.85. The van der Waals surface area contributed by atoms with Crippen LogP contribution in [0, 0.1) is 5.92 Å². The average Bonchev–Trinajstić information content (AvgIpc) is 2.70. The molecule has 1 aliphatic heterocycles. The van der Waals surface area contributed by atoms with E-state index in [1.165, 1.54) is 0 Å². The van der Waals surface area contributed by atoms with Crippen LogP contribution in [0.5, 0.6) is 0 Å². The number of hydrogen-bond donors (Lipinski definition) is 0. The summed E-state index contributed by atoms with van der Waals surface area (Å²) in [5.41, 5.74) is 1.21. The van der Waals surface area contributed by atoms with Crippen molar-refractivity contribution < 1.29 is 14.3 Å². The molecule has 0 radical (unpaired) electrons. The number of carbonyl (C=O) groups is 2. The monoisotopic (exact) mass is 278 g/mol. The lowest BCUT2D eigenvalue weighted by Gasteiger charge is -2.49. The Hall–Kier alpha value is -2.42. The molecule has 0 spiro atoms. The van der Waals surface area contributed by atoms with Crippen LogP contribution >= 0.6 is 0 Å². The molecular formula is C18H14O3. The number of ketones is 1. The highest BCUT2D eigenvalue weighted by molar-refractivity contribution is 6.37. The molecule has 1 heterocycles. The molecule has 2 aromatic rings. The molecule has 3 heteroatoms. The number of carbonyl (C=O) groups excluding carboxylic acids is 2. The summed E-state index contributed by atoms with van der Waals surface area (Å²) in [6.45, 7) is 0. The van der Waals surface area contributed by atoms with Crippen LogP contribution in [0.25, 0.3) is 0 Å². The molecule has 3 nitrogen and oxygen atoms in total. The highest BCUT2D eigenvalue weighted by Gasteiger charge is 2.68. The summed E-state index contributed by atoms with van der Waals surface area (Å²) >= 11 is 0. The predicted molar refractivity (Wildman–Crippen MR) is 76.5 cm³/mol. The van der Waals surface area contributed by atoms with E-state index in [9.17, 15) is 9.59 Å². The maximum atomic E-state index is 12.0. The van der Waals surface area contributed by atoms with Crippen LogP contribution in [0.15, 0.2) is 60.7 Å². The molecule has 0 unspecified atom stereocenters. The third-order valence-corrected chi connectivity index (χ3v) is 4.71. The normalized spacial score (nSPS) is 30.5. The van der Waals surface area contributed by atoms with E-state index >= 15 is 0 Å². The van der Waals surface area contributed by atoms with Crippen LogP contribution < -0.4 is 0 Å². The van der Waals surface area contributed by atoms with Gasteiger partial charge in [-0.05, 0) is 17.5 Å². The predicted octanol–water partition coefficient (Wildman–Crippen LogP) is 2.81. The van der Waals surface area contributed by atoms with Gasteiger partial charge in [0, 0.05) is 5.92 Å². The summed E-state index contributed by atoms with van der Waals surface area (Å²) in [5, 5.41) is 0. The first-order valence-corrected chi connectivity index (χ1v) is 7.11. The fraction of sp³-hybridized carbons (Fsp3) is 0.222. The van der Waals surface area contributed by atoms with Gasteiger partial charge in [0.15, 0.2) is 5.60 Å². The zero-order valence-electron chi connectivity index (χ0n) is 11.4. The van der Waals surface area contributed by atoms with Crippen LogP contribution in [0.2, 0.25) is 0 Å². The van der Waals surface area contributed by atoms with E-state index in [-0.39, 0.29) is 17.6 Å². The molecule has 2 aliphatic rings. The highest BCUT2D eigenvalue weighted by Crippen LogP contribution is 2.62. The molecule has 2 aromatic carbocycles. The number of ether oxygens (including phenoxy) is 1. The van der Waals surface area contributed by atoms with Gasteiger partial charge in [-0.2, -0.15) is 0 Å². The third kappa shape index (κ3) is 1.54. The Labute approximate surface area is 122 Å². The molecule has 104 valence electrons. The van der Waals surface area contributed by atoms with Gasteiger partial charge in [-0.3, -0.25) is 4.79 Å². The van der Waals surface area contributed by atoms with E-state index in [2.05, 4.69) is 0 Å². The summed E-state index contributed by atoms with van der Waals surface area (Å²) < 4.78 is 5.62. The van der Waals surface area contributed by atoms with E-state index < -0.39 is 11.6 Å². The zero-order chi connectivity index (χ0) is 14.4. The Kier molecular flexibility index (Phi) is 2.52. The minimum absolute atomic E-state index is 0.0431. The van der Waals surface area contributed by atoms with Gasteiger partial charge in [0.1, 0.15) is 0 Å². The largest absolute Gasteiger partial charge is 0.447 e. The Morgan fingerprint density at radius 3 is 2.10 bits per heavy atom. The van der Waals surface area contributed by atoms with Crippen molar-refractivity contribution in [3.63, 3.8) is 0 Å². The van der Waals surface area contributed by atoms with Crippen molar-refractivity contribution in [1.82, 2.24) is 0 Å². The number of Topliss-reactive ketones (excluding diaryl/α,β-unsaturated/α-hetero) is 1. The third-order valence-electron chi connectivity index (χ3n) is 4.71. The van der Waals surface area contributed by atoms with Gasteiger partial charge in [0.2, 0.25) is 5.78 Å². The van der Waals surface area contributed by atoms with Gasteiger partial charge in [0.25, 0.3) is 0 Å². The molecule has 1 aliphatic carbocycles. The van der Waals surface area contributed by atoms with Crippen LogP contribution in [0.4, 0.5) is 0 Å². The van der Waals surface area contributed by atoms with Gasteiger partial charge in [0.05, 0.1) is 5.92 Å². The smallest absolute Gasteiger partial charge is 0.376 e. The molecule has 0 aromatic heterocycles. The van der Waals surface area contributed by atoms with E-state index in [1.807, 2.05) is 60.7 Å². The maximum Gasteiger partial charge on any atom is 0.376 e. The second-order valence-corrected chi connectivity index (χ2v) is 5.66. The van der Waals surface area contributed by atoms with Crippen LogP contribution in [0.1, 0.15) is 23.5 Å². The van der Waals surface area contributed by atoms with E-state index in [0.29, 0.717) is 6.42 Å². The standard InChI is InChI=1S/C18H14O3/c19-16-15-11-14(12-7-3-1-4-8-12)18(15,21-17(16)20)13-9-5-2-6-10-13/h1-10,14-15H,11H2/t14-,15-,18-/m1/s1. The lowest BCUT2D eigenvalue weighted by atomic mass is 9.56. The van der Waals surface area contributed by atoms with Gasteiger partial charge < -0.3 is 4.74 Å². The van der Waals surface area contributed by atoms with E-state index in [1.54, 1.807) is 0 Å². The van der Waals surface area contributed by atoms with Crippen LogP contribution in [-0.4, -0.2) is 11.8 Å². The van der Waals surface area contributed by atoms with Gasteiger partial charge in [-0.15, -0.1) is 0 Å². The minimum Gasteiger partial charge on any atom is -0.447 e. The number of rotatable bonds is 2. The molecule has 0 amide bonds. The van der Waals surface area contributed by atoms with E-state index in [4.69, 9.17) is 4.74 Å². The second kappa shape index (κ2) is 4.29. The molecule has 0 bridgehead atoms. The molecule has 3 atom stereocenters. The number of esters is 1. The van der Waals surface area contributed by atoms with Crippen molar-refractivity contribution in [1.29, 1.82) is 0 Å². The summed E-state index contributed by atoms with van der Waals surface area (Å²) in [5.74, 6) is -1.38. The molecule has 0 N–H and O–H groups in total. The summed E-state index contributed by atoms with van der Waals surface area (Å²) in [6.07, 6.45) is 0.670. The Morgan fingerprint density at radius 1 is 0.857 bits per heavy atom. The number of hydrogen-bond acceptors (Lipinski definition) is 3. The molecule has 1 saturated carbocycles. The van der Waals surface area contributed by atoms with Crippen molar-refractivity contribution in [2.75, 3.05) is 0 Å². The highest BCUT2D eigenvalue weighted by atomic mass is 16.6. The lowest BCUT2D eigenvalue weighted by Crippen LogP contribution is -2.50. The lowest BCUT2D eigenvalue weighted by molar-refractivity contribution is -0.162. The molecule has 2 fully saturated rings. The first kappa shape index (κ1) is 12.3. The van der Waals surface area contributed by atoms with Crippen molar-refractivity contribution in [2.45, 2.75) is 17.9 Å². The second-order valence-electron chi connectivity index (χ2n) is 5.66. The maximum absolute atomic E-state index is 12.0. The number of fused-ring (bicyclic) bond motifs is 1. The van der Waals surface area contributed by atoms with Crippen molar-refractivity contribution in [3.05, 3.63) is 71.8 Å². The first-order chi connectivity index (χ1) is 10.2. The Morgan fingerprint density at radius 2 is 1.48 bits per heavy atom. The fourth-order valence-electron chi connectivity index (χ4n) is 3.69. The van der Waals surface area contributed by atoms with Gasteiger partial charge in [-0.25, -0.2) is 4.79 Å². The summed E-state index contributed by atoms with van der Waals surface area (Å²) in [6, 6.07) is 19.6. The van der Waals surface area contributed by atoms with Crippen molar-refractivity contribution >= 4 is 11.8 Å². The molecular weight excluding hydrogens is 264 g/mol.